The van der Waals surface area contributed by atoms with Crippen molar-refractivity contribution in [3.8, 4) is 11.8 Å². The number of anilines is 1. The van der Waals surface area contributed by atoms with Gasteiger partial charge < -0.3 is 20.9 Å². The number of rotatable bonds is 8. The lowest BCUT2D eigenvalue weighted by Crippen LogP contribution is -2.39. The highest BCUT2D eigenvalue weighted by Crippen LogP contribution is 2.38. The predicted octanol–water partition coefficient (Wildman–Crippen LogP) is 6.20. The highest BCUT2D eigenvalue weighted by Gasteiger charge is 2.32. The largest absolute Gasteiger partial charge is 0.385 e. The van der Waals surface area contributed by atoms with Crippen LogP contribution in [-0.4, -0.2) is 17.5 Å². The van der Waals surface area contributed by atoms with Crippen molar-refractivity contribution in [1.29, 1.82) is 0 Å². The van der Waals surface area contributed by atoms with Gasteiger partial charge in [-0.15, -0.1) is 0 Å². The van der Waals surface area contributed by atoms with Gasteiger partial charge in [-0.3, -0.25) is 0 Å². The number of nitrogens with zero attached hydrogens (tertiary/aromatic N) is 1. The molecular formula is C31H34N4. The molecule has 3 N–H and O–H groups in total. The van der Waals surface area contributed by atoms with Gasteiger partial charge in [-0.25, -0.2) is 0 Å². The van der Waals surface area contributed by atoms with Gasteiger partial charge >= 0.3 is 0 Å². The van der Waals surface area contributed by atoms with Crippen LogP contribution in [0.1, 0.15) is 47.9 Å². The smallest absolute Gasteiger partial charge is 0.0693 e. The number of nitrogens with one attached hydrogen (secondary N) is 3. The summed E-state index contributed by atoms with van der Waals surface area (Å²) in [6.45, 7) is 22.1. The molecule has 1 saturated heterocycles. The SMILES string of the molecule is C=CNc1ccc(C(=C)NCCCC#Cc2cccc3c2CN(C2CCC(=C)NC2=C)C3=C)cc1. The third-order valence-corrected chi connectivity index (χ3v) is 6.54. The van der Waals surface area contributed by atoms with Crippen LogP contribution >= 0.6 is 0 Å². The van der Waals surface area contributed by atoms with Crippen molar-refractivity contribution in [2.45, 2.75) is 38.3 Å². The second-order valence-electron chi connectivity index (χ2n) is 8.95. The Morgan fingerprint density at radius 3 is 2.69 bits per heavy atom. The Kier molecular flexibility index (Phi) is 7.48. The van der Waals surface area contributed by atoms with E-state index in [0.717, 1.165) is 78.4 Å². The lowest BCUT2D eigenvalue weighted by Gasteiger charge is -2.36. The average molecular weight is 463 g/mol. The zero-order chi connectivity index (χ0) is 24.8. The minimum atomic E-state index is 0.231. The first-order valence-corrected chi connectivity index (χ1v) is 12.1. The molecule has 4 heteroatoms. The van der Waals surface area contributed by atoms with Crippen LogP contribution < -0.4 is 16.0 Å². The number of unbranched alkanes of at least 4 members (excludes halogenated alkanes) is 1. The fourth-order valence-corrected chi connectivity index (χ4v) is 4.63. The molecule has 35 heavy (non-hydrogen) atoms. The van der Waals surface area contributed by atoms with E-state index in [2.05, 4.69) is 83.8 Å². The van der Waals surface area contributed by atoms with Crippen LogP contribution in [0.15, 0.2) is 93.0 Å². The van der Waals surface area contributed by atoms with E-state index in [9.17, 15) is 0 Å². The molecule has 0 aliphatic carbocycles. The van der Waals surface area contributed by atoms with Crippen molar-refractivity contribution in [1.82, 2.24) is 15.5 Å². The van der Waals surface area contributed by atoms with Crippen LogP contribution in [0.25, 0.3) is 11.4 Å². The summed E-state index contributed by atoms with van der Waals surface area (Å²) in [7, 11) is 0. The van der Waals surface area contributed by atoms with E-state index in [4.69, 9.17) is 0 Å². The van der Waals surface area contributed by atoms with Gasteiger partial charge in [0.2, 0.25) is 0 Å². The lowest BCUT2D eigenvalue weighted by molar-refractivity contribution is 0.297. The maximum atomic E-state index is 4.39. The maximum absolute atomic E-state index is 4.39. The number of hydrogen-bond acceptors (Lipinski definition) is 4. The molecule has 2 heterocycles. The Labute approximate surface area is 209 Å². The molecule has 2 aromatic rings. The van der Waals surface area contributed by atoms with Crippen molar-refractivity contribution in [3.05, 3.63) is 115 Å². The monoisotopic (exact) mass is 462 g/mol. The van der Waals surface area contributed by atoms with Gasteiger partial charge in [0.1, 0.15) is 0 Å². The molecule has 0 spiro atoms. The number of fused-ring (bicyclic) bond motifs is 1. The molecule has 0 amide bonds. The van der Waals surface area contributed by atoms with Gasteiger partial charge in [0, 0.05) is 59.1 Å². The normalized spacial score (nSPS) is 16.6. The summed E-state index contributed by atoms with van der Waals surface area (Å²) < 4.78 is 0. The molecule has 0 bridgehead atoms. The second kappa shape index (κ2) is 10.9. The van der Waals surface area contributed by atoms with E-state index >= 15 is 0 Å². The molecule has 2 aromatic carbocycles. The summed E-state index contributed by atoms with van der Waals surface area (Å²) in [6.07, 6.45) is 5.40. The first-order chi connectivity index (χ1) is 17.0. The van der Waals surface area contributed by atoms with E-state index in [-0.39, 0.29) is 6.04 Å². The Morgan fingerprint density at radius 2 is 1.94 bits per heavy atom. The average Bonchev–Trinajstić information content (AvgIpc) is 3.19. The van der Waals surface area contributed by atoms with Gasteiger partial charge in [0.15, 0.2) is 0 Å². The van der Waals surface area contributed by atoms with Gasteiger partial charge in [-0.1, -0.05) is 69.0 Å². The molecular weight excluding hydrogens is 428 g/mol. The summed E-state index contributed by atoms with van der Waals surface area (Å²) in [5, 5.41) is 9.81. The number of piperidine rings is 1. The Hall–Kier alpha value is -4.10. The van der Waals surface area contributed by atoms with Crippen LogP contribution in [0.5, 0.6) is 0 Å². The van der Waals surface area contributed by atoms with Crippen molar-refractivity contribution in [2.75, 3.05) is 11.9 Å². The Bertz CT molecular complexity index is 1220. The van der Waals surface area contributed by atoms with E-state index < -0.39 is 0 Å². The third-order valence-electron chi connectivity index (χ3n) is 6.54. The predicted molar refractivity (Wildman–Crippen MR) is 149 cm³/mol. The highest BCUT2D eigenvalue weighted by atomic mass is 15.2. The van der Waals surface area contributed by atoms with Gasteiger partial charge in [-0.05, 0) is 54.8 Å². The fourth-order valence-electron chi connectivity index (χ4n) is 4.63. The first kappa shape index (κ1) is 24.0. The van der Waals surface area contributed by atoms with Crippen LogP contribution in [0.4, 0.5) is 5.69 Å². The minimum Gasteiger partial charge on any atom is -0.385 e. The number of allylic oxidation sites excluding steroid dienone is 1. The van der Waals surface area contributed by atoms with Crippen molar-refractivity contribution in [2.24, 2.45) is 0 Å². The van der Waals surface area contributed by atoms with E-state index in [1.165, 1.54) is 11.1 Å². The van der Waals surface area contributed by atoms with E-state index in [1.54, 1.807) is 6.20 Å². The van der Waals surface area contributed by atoms with E-state index in [0.29, 0.717) is 0 Å². The summed E-state index contributed by atoms with van der Waals surface area (Å²) >= 11 is 0. The van der Waals surface area contributed by atoms with Crippen LogP contribution in [0.3, 0.4) is 0 Å². The summed E-state index contributed by atoms with van der Waals surface area (Å²) in [5.41, 5.74) is 9.66. The molecule has 2 aliphatic heterocycles. The molecule has 4 nitrogen and oxygen atoms in total. The second-order valence-corrected chi connectivity index (χ2v) is 8.95. The topological polar surface area (TPSA) is 39.3 Å². The summed E-state index contributed by atoms with van der Waals surface area (Å²) in [5.74, 6) is 6.77. The molecule has 0 saturated carbocycles. The minimum absolute atomic E-state index is 0.231. The third kappa shape index (κ3) is 5.53. The summed E-state index contributed by atoms with van der Waals surface area (Å²) in [6, 6.07) is 14.7. The highest BCUT2D eigenvalue weighted by molar-refractivity contribution is 5.72. The molecule has 1 unspecified atom stereocenters. The molecule has 4 rings (SSSR count). The van der Waals surface area contributed by atoms with Gasteiger partial charge in [0.05, 0.1) is 6.04 Å². The Morgan fingerprint density at radius 1 is 1.14 bits per heavy atom. The fraction of sp³-hybridized carbons (Fsp3) is 0.226. The van der Waals surface area contributed by atoms with Crippen molar-refractivity contribution in [3.63, 3.8) is 0 Å². The molecule has 0 radical (unpaired) electrons. The molecule has 1 atom stereocenters. The quantitative estimate of drug-likeness (QED) is 0.323. The van der Waals surface area contributed by atoms with E-state index in [1.807, 2.05) is 24.3 Å². The Balaban J connectivity index is 1.30. The van der Waals surface area contributed by atoms with Gasteiger partial charge in [-0.2, -0.15) is 0 Å². The maximum Gasteiger partial charge on any atom is 0.0693 e. The van der Waals surface area contributed by atoms with Crippen LogP contribution in [0.2, 0.25) is 0 Å². The molecule has 0 aromatic heterocycles. The number of benzene rings is 2. The molecule has 2 aliphatic rings. The first-order valence-electron chi connectivity index (χ1n) is 12.1. The van der Waals surface area contributed by atoms with Crippen LogP contribution in [-0.2, 0) is 6.54 Å². The van der Waals surface area contributed by atoms with Gasteiger partial charge in [0.25, 0.3) is 0 Å². The lowest BCUT2D eigenvalue weighted by atomic mass is 10.0. The van der Waals surface area contributed by atoms with Crippen LogP contribution in [0, 0.1) is 11.8 Å². The standard InChI is InChI=1S/C31H34N4/c1-6-32-28-17-15-26(16-18-28)23(3)33-20-9-7-8-11-27-12-10-13-29-25(5)35(21-30(27)29)31-19-14-22(2)34-24(31)4/h6,10,12-13,15-18,31-34H,1-5,7,9,14,19-21H2. The summed E-state index contributed by atoms with van der Waals surface area (Å²) in [4.78, 5) is 2.35. The zero-order valence-electron chi connectivity index (χ0n) is 20.4. The number of hydrogen-bond donors (Lipinski definition) is 3. The molecule has 1 fully saturated rings. The zero-order valence-corrected chi connectivity index (χ0v) is 20.4. The molecule has 178 valence electrons. The van der Waals surface area contributed by atoms with Crippen molar-refractivity contribution < 1.29 is 0 Å². The van der Waals surface area contributed by atoms with Crippen molar-refractivity contribution >= 4 is 17.1 Å².